The van der Waals surface area contributed by atoms with Gasteiger partial charge in [0, 0.05) is 26.4 Å². The monoisotopic (exact) mass is 396 g/mol. The molecular formula is C20H21FN6O2. The summed E-state index contributed by atoms with van der Waals surface area (Å²) in [5, 5.41) is 13.1. The second kappa shape index (κ2) is 7.69. The van der Waals surface area contributed by atoms with Crippen LogP contribution in [-0.4, -0.2) is 57.0 Å². The molecule has 3 aromatic heterocycles. The fourth-order valence-corrected chi connectivity index (χ4v) is 3.26. The SMILES string of the molecule is COCc1nn2c(nnc3c(=O)n(CCN(C)C)ccc32)c1-c1ccc(F)cc1. The lowest BCUT2D eigenvalue weighted by molar-refractivity contribution is 0.181. The first-order valence-electron chi connectivity index (χ1n) is 9.16. The summed E-state index contributed by atoms with van der Waals surface area (Å²) >= 11 is 0. The Kier molecular flexibility index (Phi) is 5.08. The molecule has 3 heterocycles. The third-order valence-corrected chi connectivity index (χ3v) is 4.73. The minimum Gasteiger partial charge on any atom is -0.378 e. The van der Waals surface area contributed by atoms with Crippen molar-refractivity contribution in [1.82, 2.24) is 29.3 Å². The van der Waals surface area contributed by atoms with Crippen molar-refractivity contribution in [2.24, 2.45) is 0 Å². The molecule has 0 unspecified atom stereocenters. The summed E-state index contributed by atoms with van der Waals surface area (Å²) in [5.41, 5.74) is 3.17. The highest BCUT2D eigenvalue weighted by atomic mass is 19.1. The van der Waals surface area contributed by atoms with E-state index < -0.39 is 0 Å². The van der Waals surface area contributed by atoms with Gasteiger partial charge in [0.25, 0.3) is 5.56 Å². The molecule has 4 rings (SSSR count). The van der Waals surface area contributed by atoms with Crippen LogP contribution in [0.4, 0.5) is 4.39 Å². The van der Waals surface area contributed by atoms with E-state index in [9.17, 15) is 9.18 Å². The van der Waals surface area contributed by atoms with Gasteiger partial charge in [-0.15, -0.1) is 10.2 Å². The quantitative estimate of drug-likeness (QED) is 0.496. The molecule has 0 aliphatic heterocycles. The number of pyridine rings is 1. The van der Waals surface area contributed by atoms with Crippen molar-refractivity contribution in [3.63, 3.8) is 0 Å². The summed E-state index contributed by atoms with van der Waals surface area (Å²) < 4.78 is 21.9. The summed E-state index contributed by atoms with van der Waals surface area (Å²) in [7, 11) is 5.48. The third kappa shape index (κ3) is 3.50. The summed E-state index contributed by atoms with van der Waals surface area (Å²) in [6, 6.07) is 7.90. The Morgan fingerprint density at radius 3 is 2.59 bits per heavy atom. The molecule has 0 fully saturated rings. The lowest BCUT2D eigenvalue weighted by Gasteiger charge is -2.11. The standard InChI is InChI=1S/C20H21FN6O2/c1-25(2)10-11-26-9-8-16-18(20(26)28)22-23-19-17(13-4-6-14(21)7-5-13)15(12-29-3)24-27(16)19/h4-9H,10-12H2,1-3H3. The molecule has 4 aromatic rings. The molecule has 0 bridgehead atoms. The minimum absolute atomic E-state index is 0.217. The van der Waals surface area contributed by atoms with E-state index in [1.54, 1.807) is 34.5 Å². The van der Waals surface area contributed by atoms with Crippen molar-refractivity contribution in [2.75, 3.05) is 27.7 Å². The highest BCUT2D eigenvalue weighted by Crippen LogP contribution is 2.29. The van der Waals surface area contributed by atoms with Gasteiger partial charge in [-0.25, -0.2) is 8.91 Å². The number of methoxy groups -OCH3 is 1. The molecule has 0 saturated carbocycles. The van der Waals surface area contributed by atoms with Crippen molar-refractivity contribution < 1.29 is 9.13 Å². The molecule has 9 heteroatoms. The largest absolute Gasteiger partial charge is 0.378 e. The lowest BCUT2D eigenvalue weighted by atomic mass is 10.1. The molecule has 0 saturated heterocycles. The summed E-state index contributed by atoms with van der Waals surface area (Å²) in [4.78, 5) is 14.8. The van der Waals surface area contributed by atoms with Gasteiger partial charge < -0.3 is 14.2 Å². The molecular weight excluding hydrogens is 375 g/mol. The van der Waals surface area contributed by atoms with Gasteiger partial charge in [-0.05, 0) is 37.9 Å². The Labute approximate surface area is 166 Å². The van der Waals surface area contributed by atoms with Gasteiger partial charge in [0.15, 0.2) is 11.2 Å². The maximum atomic E-state index is 13.4. The average Bonchev–Trinajstić information content (AvgIpc) is 3.07. The summed E-state index contributed by atoms with van der Waals surface area (Å²) in [5.74, 6) is -0.326. The molecule has 0 aliphatic carbocycles. The Morgan fingerprint density at radius 2 is 1.90 bits per heavy atom. The molecule has 0 atom stereocenters. The van der Waals surface area contributed by atoms with Crippen LogP contribution in [0.5, 0.6) is 0 Å². The fraction of sp³-hybridized carbons (Fsp3) is 0.300. The Balaban J connectivity index is 1.92. The zero-order valence-corrected chi connectivity index (χ0v) is 16.5. The first-order chi connectivity index (χ1) is 14.0. The smallest absolute Gasteiger partial charge is 0.280 e. The number of nitrogens with zero attached hydrogens (tertiary/aromatic N) is 6. The number of benzene rings is 1. The number of hydrogen-bond acceptors (Lipinski definition) is 6. The molecule has 150 valence electrons. The number of rotatable bonds is 6. The van der Waals surface area contributed by atoms with Crippen LogP contribution in [-0.2, 0) is 17.9 Å². The Bertz CT molecular complexity index is 1230. The van der Waals surface area contributed by atoms with E-state index in [2.05, 4.69) is 15.3 Å². The van der Waals surface area contributed by atoms with Crippen LogP contribution >= 0.6 is 0 Å². The van der Waals surface area contributed by atoms with Crippen LogP contribution in [0.2, 0.25) is 0 Å². The molecule has 0 radical (unpaired) electrons. The predicted molar refractivity (Wildman–Crippen MR) is 107 cm³/mol. The van der Waals surface area contributed by atoms with Crippen molar-refractivity contribution in [3.8, 4) is 11.1 Å². The van der Waals surface area contributed by atoms with Crippen LogP contribution in [0, 0.1) is 5.82 Å². The zero-order chi connectivity index (χ0) is 20.5. The fourth-order valence-electron chi connectivity index (χ4n) is 3.26. The highest BCUT2D eigenvalue weighted by molar-refractivity contribution is 5.84. The van der Waals surface area contributed by atoms with Crippen LogP contribution in [0.25, 0.3) is 27.8 Å². The van der Waals surface area contributed by atoms with Crippen LogP contribution in [0.1, 0.15) is 5.69 Å². The van der Waals surface area contributed by atoms with Gasteiger partial charge in [0.05, 0.1) is 17.9 Å². The molecule has 1 aromatic carbocycles. The van der Waals surface area contributed by atoms with Gasteiger partial charge in [0.1, 0.15) is 11.3 Å². The molecule has 8 nitrogen and oxygen atoms in total. The average molecular weight is 396 g/mol. The molecule has 0 spiro atoms. The summed E-state index contributed by atoms with van der Waals surface area (Å²) in [6.07, 6.45) is 1.74. The van der Waals surface area contributed by atoms with E-state index in [0.29, 0.717) is 29.0 Å². The Morgan fingerprint density at radius 1 is 1.14 bits per heavy atom. The van der Waals surface area contributed by atoms with Gasteiger partial charge in [-0.1, -0.05) is 12.1 Å². The van der Waals surface area contributed by atoms with Crippen LogP contribution in [0.15, 0.2) is 41.3 Å². The van der Waals surface area contributed by atoms with Crippen molar-refractivity contribution in [3.05, 3.63) is 58.4 Å². The summed E-state index contributed by atoms with van der Waals surface area (Å²) in [6.45, 7) is 1.53. The number of aromatic nitrogens is 5. The van der Waals surface area contributed by atoms with Gasteiger partial charge >= 0.3 is 0 Å². The van der Waals surface area contributed by atoms with E-state index in [4.69, 9.17) is 4.74 Å². The van der Waals surface area contributed by atoms with E-state index in [1.165, 1.54) is 12.1 Å². The lowest BCUT2D eigenvalue weighted by Crippen LogP contribution is -2.27. The maximum absolute atomic E-state index is 13.4. The van der Waals surface area contributed by atoms with E-state index in [1.807, 2.05) is 25.1 Å². The number of halogens is 1. The van der Waals surface area contributed by atoms with E-state index in [-0.39, 0.29) is 23.5 Å². The van der Waals surface area contributed by atoms with Gasteiger partial charge in [-0.3, -0.25) is 4.79 Å². The van der Waals surface area contributed by atoms with Crippen molar-refractivity contribution >= 4 is 16.7 Å². The molecule has 0 amide bonds. The van der Waals surface area contributed by atoms with E-state index >= 15 is 0 Å². The molecule has 0 aliphatic rings. The maximum Gasteiger partial charge on any atom is 0.280 e. The Hall–Kier alpha value is -3.17. The molecule has 0 N–H and O–H groups in total. The third-order valence-electron chi connectivity index (χ3n) is 4.73. The van der Waals surface area contributed by atoms with Crippen LogP contribution in [0.3, 0.4) is 0 Å². The van der Waals surface area contributed by atoms with E-state index in [0.717, 1.165) is 12.1 Å². The van der Waals surface area contributed by atoms with Crippen molar-refractivity contribution in [2.45, 2.75) is 13.2 Å². The highest BCUT2D eigenvalue weighted by Gasteiger charge is 2.19. The van der Waals surface area contributed by atoms with Gasteiger partial charge in [0.2, 0.25) is 0 Å². The predicted octanol–water partition coefficient (Wildman–Crippen LogP) is 1.95. The zero-order valence-electron chi connectivity index (χ0n) is 16.5. The first-order valence-corrected chi connectivity index (χ1v) is 9.16. The second-order valence-corrected chi connectivity index (χ2v) is 7.05. The number of likely N-dealkylation sites (N-methyl/N-ethyl adjacent to an activating group) is 1. The van der Waals surface area contributed by atoms with Crippen molar-refractivity contribution in [1.29, 1.82) is 0 Å². The molecule has 29 heavy (non-hydrogen) atoms. The number of ether oxygens (including phenoxy) is 1. The van der Waals surface area contributed by atoms with Gasteiger partial charge in [-0.2, -0.15) is 5.10 Å². The number of fused-ring (bicyclic) bond motifs is 3. The minimum atomic E-state index is -0.326. The first kappa shape index (κ1) is 19.2. The van der Waals surface area contributed by atoms with Crippen LogP contribution < -0.4 is 5.56 Å². The number of hydrogen-bond donors (Lipinski definition) is 0. The normalized spacial score (nSPS) is 11.8. The topological polar surface area (TPSA) is 77.5 Å². The second-order valence-electron chi connectivity index (χ2n) is 7.05.